The Labute approximate surface area is 208 Å². The summed E-state index contributed by atoms with van der Waals surface area (Å²) in [5, 5.41) is 17.1. The number of rotatable bonds is 8. The van der Waals surface area contributed by atoms with E-state index in [0.717, 1.165) is 37.4 Å². The number of nitrogens with two attached hydrogens (primary N) is 1. The highest BCUT2D eigenvalue weighted by Crippen LogP contribution is 2.29. The molecule has 1 aliphatic rings. The molecule has 186 valence electrons. The molecule has 0 aliphatic carbocycles. The van der Waals surface area contributed by atoms with Gasteiger partial charge in [-0.25, -0.2) is 17.9 Å². The third-order valence-corrected chi connectivity index (χ3v) is 7.71. The predicted octanol–water partition coefficient (Wildman–Crippen LogP) is 3.33. The third-order valence-electron chi connectivity index (χ3n) is 5.85. The van der Waals surface area contributed by atoms with Gasteiger partial charge in [0.05, 0.1) is 16.7 Å². The number of carbonyl (C=O) groups excluding carboxylic acids is 1. The van der Waals surface area contributed by atoms with Crippen LogP contribution in [-0.4, -0.2) is 52.8 Å². The smallest absolute Gasteiger partial charge is 0.238 e. The number of aromatic nitrogens is 3. The van der Waals surface area contributed by atoms with Gasteiger partial charge in [0.25, 0.3) is 0 Å². The molecule has 3 aromatic rings. The van der Waals surface area contributed by atoms with Crippen LogP contribution >= 0.6 is 11.8 Å². The van der Waals surface area contributed by atoms with Crippen LogP contribution in [-0.2, 0) is 14.8 Å². The summed E-state index contributed by atoms with van der Waals surface area (Å²) in [6, 6.07) is 11.7. The Kier molecular flexibility index (Phi) is 7.85. The fourth-order valence-corrected chi connectivity index (χ4v) is 5.28. The van der Waals surface area contributed by atoms with Crippen molar-refractivity contribution in [3.05, 3.63) is 60.2 Å². The van der Waals surface area contributed by atoms with E-state index in [9.17, 15) is 17.6 Å². The van der Waals surface area contributed by atoms with Crippen molar-refractivity contribution in [3.63, 3.8) is 0 Å². The summed E-state index contributed by atoms with van der Waals surface area (Å²) in [5.74, 6) is 0.154. The summed E-state index contributed by atoms with van der Waals surface area (Å²) >= 11 is 1.21. The van der Waals surface area contributed by atoms with Gasteiger partial charge in [-0.3, -0.25) is 14.3 Å². The highest BCUT2D eigenvalue weighted by atomic mass is 32.2. The standard InChI is InChI=1S/C23H27FN6O3S2/c1-16(29-13-3-2-4-14-29)22-27-28-23(30(22)19-9-5-17(24)6-10-19)34-15-21(31)26-18-7-11-20(12-8-18)35(25,32)33/h5-12,16H,2-4,13-15H2,1H3,(H,26,31)(H2,25,32,33). The summed E-state index contributed by atoms with van der Waals surface area (Å²) < 4.78 is 38.2. The van der Waals surface area contributed by atoms with Crippen LogP contribution in [0, 0.1) is 5.82 Å². The van der Waals surface area contributed by atoms with Gasteiger partial charge in [0.15, 0.2) is 11.0 Å². The molecule has 9 nitrogen and oxygen atoms in total. The number of nitrogens with one attached hydrogen (secondary N) is 1. The van der Waals surface area contributed by atoms with Gasteiger partial charge in [-0.2, -0.15) is 0 Å². The fraction of sp³-hybridized carbons (Fsp3) is 0.348. The van der Waals surface area contributed by atoms with Crippen molar-refractivity contribution in [1.82, 2.24) is 19.7 Å². The van der Waals surface area contributed by atoms with Crippen molar-refractivity contribution in [1.29, 1.82) is 0 Å². The number of anilines is 1. The molecule has 0 saturated carbocycles. The molecule has 1 saturated heterocycles. The number of thioether (sulfide) groups is 1. The van der Waals surface area contributed by atoms with E-state index in [1.165, 1.54) is 54.6 Å². The zero-order valence-electron chi connectivity index (χ0n) is 19.2. The summed E-state index contributed by atoms with van der Waals surface area (Å²) in [6.45, 7) is 4.04. The molecule has 2 heterocycles. The number of benzene rings is 2. The van der Waals surface area contributed by atoms with E-state index in [4.69, 9.17) is 5.14 Å². The molecule has 1 atom stereocenters. The van der Waals surface area contributed by atoms with Gasteiger partial charge in [-0.1, -0.05) is 18.2 Å². The molecule has 1 fully saturated rings. The molecular formula is C23H27FN6O3S2. The lowest BCUT2D eigenvalue weighted by atomic mass is 10.1. The lowest BCUT2D eigenvalue weighted by Crippen LogP contribution is -2.33. The lowest BCUT2D eigenvalue weighted by molar-refractivity contribution is -0.113. The average Bonchev–Trinajstić information content (AvgIpc) is 3.27. The van der Waals surface area contributed by atoms with Gasteiger partial charge in [0.1, 0.15) is 5.82 Å². The minimum atomic E-state index is -3.80. The van der Waals surface area contributed by atoms with Crippen LogP contribution in [0.15, 0.2) is 58.6 Å². The number of likely N-dealkylation sites (tertiary alicyclic amines) is 1. The second kappa shape index (κ2) is 10.9. The van der Waals surface area contributed by atoms with E-state index >= 15 is 0 Å². The van der Waals surface area contributed by atoms with Gasteiger partial charge in [0.2, 0.25) is 15.9 Å². The molecule has 35 heavy (non-hydrogen) atoms. The molecule has 3 N–H and O–H groups in total. The quantitative estimate of drug-likeness (QED) is 0.439. The largest absolute Gasteiger partial charge is 0.325 e. The van der Waals surface area contributed by atoms with Crippen LogP contribution in [0.3, 0.4) is 0 Å². The highest BCUT2D eigenvalue weighted by Gasteiger charge is 2.26. The number of piperidine rings is 1. The van der Waals surface area contributed by atoms with Crippen LogP contribution in [0.4, 0.5) is 10.1 Å². The first kappa shape index (κ1) is 25.3. The number of hydrogen-bond donors (Lipinski definition) is 2. The maximum absolute atomic E-state index is 13.6. The zero-order chi connectivity index (χ0) is 25.0. The third kappa shape index (κ3) is 6.26. The Hall–Kier alpha value is -2.80. The second-order valence-corrected chi connectivity index (χ2v) is 10.8. The molecular weight excluding hydrogens is 491 g/mol. The van der Waals surface area contributed by atoms with Crippen LogP contribution in [0.1, 0.15) is 38.1 Å². The normalized spacial score (nSPS) is 15.6. The van der Waals surface area contributed by atoms with E-state index in [1.54, 1.807) is 12.1 Å². The van der Waals surface area contributed by atoms with Crippen LogP contribution in [0.25, 0.3) is 5.69 Å². The van der Waals surface area contributed by atoms with Gasteiger partial charge in [-0.15, -0.1) is 10.2 Å². The van der Waals surface area contributed by atoms with Crippen LogP contribution in [0.2, 0.25) is 0 Å². The molecule has 1 unspecified atom stereocenters. The first-order chi connectivity index (χ1) is 16.7. The molecule has 0 bridgehead atoms. The molecule has 1 aromatic heterocycles. The Morgan fingerprint density at radius 2 is 1.74 bits per heavy atom. The van der Waals surface area contributed by atoms with Gasteiger partial charge < -0.3 is 5.32 Å². The minimum Gasteiger partial charge on any atom is -0.325 e. The average molecular weight is 519 g/mol. The van der Waals surface area contributed by atoms with Crippen LogP contribution < -0.4 is 10.5 Å². The highest BCUT2D eigenvalue weighted by molar-refractivity contribution is 7.99. The number of halogens is 1. The van der Waals surface area contributed by atoms with E-state index < -0.39 is 10.0 Å². The van der Waals surface area contributed by atoms with Crippen molar-refractivity contribution in [2.75, 3.05) is 24.2 Å². The van der Waals surface area contributed by atoms with Crippen molar-refractivity contribution in [2.45, 2.75) is 42.3 Å². The van der Waals surface area contributed by atoms with E-state index in [-0.39, 0.29) is 28.4 Å². The molecule has 0 radical (unpaired) electrons. The van der Waals surface area contributed by atoms with E-state index in [0.29, 0.717) is 10.8 Å². The van der Waals surface area contributed by atoms with Crippen molar-refractivity contribution in [2.24, 2.45) is 5.14 Å². The first-order valence-corrected chi connectivity index (χ1v) is 13.8. The summed E-state index contributed by atoms with van der Waals surface area (Å²) in [7, 11) is -3.80. The topological polar surface area (TPSA) is 123 Å². The summed E-state index contributed by atoms with van der Waals surface area (Å²) in [6.07, 6.45) is 3.48. The zero-order valence-corrected chi connectivity index (χ0v) is 20.9. The molecule has 1 aliphatic heterocycles. The number of hydrogen-bond acceptors (Lipinski definition) is 7. The van der Waals surface area contributed by atoms with Gasteiger partial charge in [-0.05, 0) is 81.4 Å². The van der Waals surface area contributed by atoms with E-state index in [1.807, 2.05) is 4.57 Å². The SMILES string of the molecule is CC(c1nnc(SCC(=O)Nc2ccc(S(N)(=O)=O)cc2)n1-c1ccc(F)cc1)N1CCCCC1. The number of nitrogens with zero attached hydrogens (tertiary/aromatic N) is 4. The second-order valence-electron chi connectivity index (χ2n) is 8.33. The molecule has 1 amide bonds. The van der Waals surface area contributed by atoms with Gasteiger partial charge >= 0.3 is 0 Å². The molecule has 12 heteroatoms. The minimum absolute atomic E-state index is 0.00775. The van der Waals surface area contributed by atoms with Crippen LogP contribution in [0.5, 0.6) is 0 Å². The Bertz CT molecular complexity index is 1270. The maximum Gasteiger partial charge on any atom is 0.238 e. The summed E-state index contributed by atoms with van der Waals surface area (Å²) in [5.41, 5.74) is 1.17. The number of amides is 1. The Morgan fingerprint density at radius 1 is 1.09 bits per heavy atom. The molecule has 2 aromatic carbocycles. The number of carbonyl (C=O) groups is 1. The Balaban J connectivity index is 1.51. The molecule has 0 spiro atoms. The molecule has 4 rings (SSSR count). The van der Waals surface area contributed by atoms with Gasteiger partial charge in [0, 0.05) is 11.4 Å². The number of primary sulfonamides is 1. The van der Waals surface area contributed by atoms with E-state index in [2.05, 4.69) is 27.3 Å². The van der Waals surface area contributed by atoms with Crippen molar-refractivity contribution < 1.29 is 17.6 Å². The predicted molar refractivity (Wildman–Crippen MR) is 132 cm³/mol. The summed E-state index contributed by atoms with van der Waals surface area (Å²) in [4.78, 5) is 14.9. The monoisotopic (exact) mass is 518 g/mol. The van der Waals surface area contributed by atoms with Crippen molar-refractivity contribution >= 4 is 33.4 Å². The number of sulfonamides is 1. The first-order valence-electron chi connectivity index (χ1n) is 11.2. The fourth-order valence-electron chi connectivity index (χ4n) is 4.00. The lowest BCUT2D eigenvalue weighted by Gasteiger charge is -2.31. The van der Waals surface area contributed by atoms with Crippen molar-refractivity contribution in [3.8, 4) is 5.69 Å². The maximum atomic E-state index is 13.6. The Morgan fingerprint density at radius 3 is 2.37 bits per heavy atom.